The van der Waals surface area contributed by atoms with E-state index >= 15 is 0 Å². The van der Waals surface area contributed by atoms with Crippen molar-refractivity contribution >= 4 is 17.3 Å². The van der Waals surface area contributed by atoms with E-state index in [1.54, 1.807) is 0 Å². The Hall–Kier alpha value is -2.87. The first-order valence-electron chi connectivity index (χ1n) is 6.69. The van der Waals surface area contributed by atoms with Crippen molar-refractivity contribution in [3.8, 4) is 5.69 Å². The van der Waals surface area contributed by atoms with E-state index in [0.29, 0.717) is 6.07 Å². The first-order chi connectivity index (χ1) is 12.1. The monoisotopic (exact) mass is 378 g/mol. The molecule has 10 nitrogen and oxygen atoms in total. The number of carbonyl (C=O) groups excluding carboxylic acids is 1. The summed E-state index contributed by atoms with van der Waals surface area (Å²) < 4.78 is 45.5. The van der Waals surface area contributed by atoms with Gasteiger partial charge in [-0.15, -0.1) is 10.5 Å². The molecule has 13 heteroatoms. The van der Waals surface area contributed by atoms with Crippen LogP contribution in [0.4, 0.5) is 24.5 Å². The SMILES string of the molecule is COC(=O)c1cn(-c2cc(N(O)OC)c(N(O)O)cc2C(F)(F)F)cn1. The van der Waals surface area contributed by atoms with Gasteiger partial charge in [0.25, 0.3) is 0 Å². The fraction of sp³-hybridized carbons (Fsp3) is 0.231. The zero-order valence-corrected chi connectivity index (χ0v) is 13.3. The van der Waals surface area contributed by atoms with Gasteiger partial charge in [-0.05, 0) is 12.1 Å². The van der Waals surface area contributed by atoms with Crippen molar-refractivity contribution in [3.63, 3.8) is 0 Å². The highest BCUT2D eigenvalue weighted by atomic mass is 19.4. The maximum atomic E-state index is 13.4. The van der Waals surface area contributed by atoms with Crippen molar-refractivity contribution in [3.05, 3.63) is 35.9 Å². The van der Waals surface area contributed by atoms with Crippen molar-refractivity contribution in [2.75, 3.05) is 24.7 Å². The van der Waals surface area contributed by atoms with Crippen LogP contribution in [0.1, 0.15) is 16.1 Å². The third-order valence-electron chi connectivity index (χ3n) is 3.25. The summed E-state index contributed by atoms with van der Waals surface area (Å²) in [6.45, 7) is 0. The minimum absolute atomic E-state index is 0.0244. The molecule has 0 saturated carbocycles. The van der Waals surface area contributed by atoms with Crippen molar-refractivity contribution in [1.29, 1.82) is 0 Å². The van der Waals surface area contributed by atoms with Crippen LogP contribution in [0.2, 0.25) is 0 Å². The van der Waals surface area contributed by atoms with Crippen LogP contribution in [0.5, 0.6) is 0 Å². The summed E-state index contributed by atoms with van der Waals surface area (Å²) in [5, 5.41) is 27.4. The Balaban J connectivity index is 2.73. The molecule has 1 aromatic carbocycles. The number of methoxy groups -OCH3 is 1. The molecular formula is C13H13F3N4O6. The van der Waals surface area contributed by atoms with Gasteiger partial charge in [-0.25, -0.2) is 9.78 Å². The maximum absolute atomic E-state index is 13.4. The van der Waals surface area contributed by atoms with E-state index in [-0.39, 0.29) is 10.9 Å². The zero-order valence-electron chi connectivity index (χ0n) is 13.3. The number of halogens is 3. The predicted octanol–water partition coefficient (Wildman–Crippen LogP) is 2.02. The molecule has 0 aliphatic rings. The van der Waals surface area contributed by atoms with Gasteiger partial charge < -0.3 is 9.30 Å². The number of nitrogens with zero attached hydrogens (tertiary/aromatic N) is 4. The summed E-state index contributed by atoms with van der Waals surface area (Å²) in [4.78, 5) is 19.6. The van der Waals surface area contributed by atoms with Crippen LogP contribution in [-0.4, -0.2) is 45.4 Å². The number of benzene rings is 1. The average molecular weight is 378 g/mol. The van der Waals surface area contributed by atoms with Crippen molar-refractivity contribution < 1.29 is 43.2 Å². The number of ether oxygens (including phenoxy) is 1. The highest BCUT2D eigenvalue weighted by molar-refractivity contribution is 5.87. The Morgan fingerprint density at radius 3 is 2.35 bits per heavy atom. The molecule has 0 spiro atoms. The molecule has 1 heterocycles. The van der Waals surface area contributed by atoms with E-state index in [4.69, 9.17) is 10.4 Å². The zero-order chi connectivity index (χ0) is 19.6. The first-order valence-corrected chi connectivity index (χ1v) is 6.69. The normalized spacial score (nSPS) is 11.4. The molecule has 0 atom stereocenters. The minimum Gasteiger partial charge on any atom is -0.464 e. The number of esters is 1. The Morgan fingerprint density at radius 1 is 1.19 bits per heavy atom. The Kier molecular flexibility index (Phi) is 5.36. The molecule has 0 radical (unpaired) electrons. The number of rotatable bonds is 5. The fourth-order valence-electron chi connectivity index (χ4n) is 2.08. The lowest BCUT2D eigenvalue weighted by Crippen LogP contribution is -2.23. The van der Waals surface area contributed by atoms with E-state index in [1.807, 2.05) is 0 Å². The van der Waals surface area contributed by atoms with Crippen LogP contribution in [0.25, 0.3) is 5.69 Å². The molecule has 0 aliphatic carbocycles. The number of imidazole rings is 1. The third-order valence-corrected chi connectivity index (χ3v) is 3.25. The van der Waals surface area contributed by atoms with Crippen LogP contribution >= 0.6 is 0 Å². The Labute approximate surface area is 143 Å². The largest absolute Gasteiger partial charge is 0.464 e. The van der Waals surface area contributed by atoms with Crippen LogP contribution in [0, 0.1) is 0 Å². The molecule has 26 heavy (non-hydrogen) atoms. The van der Waals surface area contributed by atoms with E-state index in [2.05, 4.69) is 14.6 Å². The maximum Gasteiger partial charge on any atom is 0.418 e. The van der Waals surface area contributed by atoms with E-state index in [1.165, 1.54) is 0 Å². The Morgan fingerprint density at radius 2 is 1.85 bits per heavy atom. The van der Waals surface area contributed by atoms with E-state index < -0.39 is 40.0 Å². The third kappa shape index (κ3) is 3.70. The number of hydrogen-bond donors (Lipinski definition) is 3. The molecule has 142 valence electrons. The first kappa shape index (κ1) is 19.5. The number of hydrogen-bond acceptors (Lipinski definition) is 9. The van der Waals surface area contributed by atoms with Crippen molar-refractivity contribution in [1.82, 2.24) is 9.55 Å². The van der Waals surface area contributed by atoms with Gasteiger partial charge in [0.15, 0.2) is 5.69 Å². The Bertz CT molecular complexity index is 808. The molecule has 0 aliphatic heterocycles. The van der Waals surface area contributed by atoms with Crippen molar-refractivity contribution in [2.45, 2.75) is 6.18 Å². The van der Waals surface area contributed by atoms with Gasteiger partial charge in [0, 0.05) is 6.20 Å². The second-order valence-electron chi connectivity index (χ2n) is 4.76. The molecular weight excluding hydrogens is 365 g/mol. The molecule has 2 rings (SSSR count). The summed E-state index contributed by atoms with van der Waals surface area (Å²) in [5.41, 5.74) is -3.49. The van der Waals surface area contributed by atoms with E-state index in [0.717, 1.165) is 37.4 Å². The standard InChI is InChI=1S/C13H13F3N4O6/c1-25-12(21)8-5-18(6-17-8)9-4-11(20(24)26-2)10(19(22)23)3-7(9)13(14,15)16/h3-6,22-24H,1-2H3. The summed E-state index contributed by atoms with van der Waals surface area (Å²) >= 11 is 0. The van der Waals surface area contributed by atoms with Crippen LogP contribution < -0.4 is 10.5 Å². The lowest BCUT2D eigenvalue weighted by Gasteiger charge is -2.23. The summed E-state index contributed by atoms with van der Waals surface area (Å²) in [6.07, 6.45) is -3.02. The molecule has 3 N–H and O–H groups in total. The second kappa shape index (κ2) is 7.17. The van der Waals surface area contributed by atoms with Crippen LogP contribution in [0.3, 0.4) is 0 Å². The molecule has 0 fully saturated rings. The van der Waals surface area contributed by atoms with Gasteiger partial charge in [-0.2, -0.15) is 13.2 Å². The highest BCUT2D eigenvalue weighted by Crippen LogP contribution is 2.40. The summed E-state index contributed by atoms with van der Waals surface area (Å²) in [7, 11) is 2.07. The molecule has 0 amide bonds. The average Bonchev–Trinajstić information content (AvgIpc) is 3.08. The summed E-state index contributed by atoms with van der Waals surface area (Å²) in [6, 6.07) is 1.12. The van der Waals surface area contributed by atoms with Crippen LogP contribution in [0.15, 0.2) is 24.7 Å². The quantitative estimate of drug-likeness (QED) is 0.530. The van der Waals surface area contributed by atoms with Gasteiger partial charge in [-0.3, -0.25) is 20.5 Å². The number of carbonyl (C=O) groups is 1. The smallest absolute Gasteiger partial charge is 0.418 e. The van der Waals surface area contributed by atoms with Gasteiger partial charge in [-0.1, -0.05) is 0 Å². The number of anilines is 2. The van der Waals surface area contributed by atoms with Gasteiger partial charge in [0.05, 0.1) is 25.5 Å². The molecule has 0 bridgehead atoms. The van der Waals surface area contributed by atoms with Gasteiger partial charge >= 0.3 is 12.1 Å². The minimum atomic E-state index is -4.92. The van der Waals surface area contributed by atoms with Crippen molar-refractivity contribution in [2.24, 2.45) is 0 Å². The second-order valence-corrected chi connectivity index (χ2v) is 4.76. The van der Waals surface area contributed by atoms with E-state index in [9.17, 15) is 23.2 Å². The molecule has 0 unspecified atom stereocenters. The summed E-state index contributed by atoms with van der Waals surface area (Å²) in [5.74, 6) is -0.869. The number of aromatic nitrogens is 2. The predicted molar refractivity (Wildman–Crippen MR) is 77.2 cm³/mol. The topological polar surface area (TPSA) is 121 Å². The molecule has 0 saturated heterocycles. The fourth-order valence-corrected chi connectivity index (χ4v) is 2.08. The highest BCUT2D eigenvalue weighted by Gasteiger charge is 2.36. The molecule has 2 aromatic rings. The van der Waals surface area contributed by atoms with Gasteiger partial charge in [0.2, 0.25) is 0 Å². The van der Waals surface area contributed by atoms with Crippen LogP contribution in [-0.2, 0) is 15.8 Å². The lowest BCUT2D eigenvalue weighted by molar-refractivity contribution is -0.137. The van der Waals surface area contributed by atoms with Gasteiger partial charge in [0.1, 0.15) is 17.7 Å². The number of alkyl halides is 3. The molecule has 1 aromatic heterocycles. The lowest BCUT2D eigenvalue weighted by atomic mass is 10.1.